The predicted octanol–water partition coefficient (Wildman–Crippen LogP) is 2.99. The van der Waals surface area contributed by atoms with Crippen molar-refractivity contribution in [3.05, 3.63) is 59.7 Å². The van der Waals surface area contributed by atoms with Crippen molar-refractivity contribution >= 4 is 29.1 Å². The number of nitrogens with zero attached hydrogens (tertiary/aromatic N) is 1. The molecule has 26 heavy (non-hydrogen) atoms. The molecule has 2 aromatic rings. The molecule has 3 amide bonds. The van der Waals surface area contributed by atoms with Crippen molar-refractivity contribution in [2.45, 2.75) is 12.8 Å². The molecule has 1 aliphatic carbocycles. The van der Waals surface area contributed by atoms with E-state index in [1.807, 2.05) is 0 Å². The van der Waals surface area contributed by atoms with Crippen LogP contribution in [0.25, 0.3) is 0 Å². The maximum Gasteiger partial charge on any atom is 0.255 e. The van der Waals surface area contributed by atoms with Gasteiger partial charge in [-0.05, 0) is 61.4 Å². The molecule has 1 aliphatic rings. The van der Waals surface area contributed by atoms with Gasteiger partial charge >= 0.3 is 0 Å². The minimum absolute atomic E-state index is 0.0366. The molecule has 0 bridgehead atoms. The number of amides is 3. The third-order valence-electron chi connectivity index (χ3n) is 4.16. The number of anilines is 2. The molecule has 3 rings (SSSR count). The molecular weight excluding hydrogens is 330 g/mol. The number of carbonyl (C=O) groups excluding carboxylic acids is 3. The fourth-order valence-corrected chi connectivity index (χ4v) is 2.45. The van der Waals surface area contributed by atoms with E-state index in [4.69, 9.17) is 0 Å². The monoisotopic (exact) mass is 351 g/mol. The molecule has 0 atom stereocenters. The molecule has 6 nitrogen and oxygen atoms in total. The standard InChI is InChI=1S/C20H21N3O3/c1-23(2)20(26)15-7-11-17(12-8-15)22-19(25)14-5-9-16(10-6-14)21-18(24)13-3-4-13/h5-13H,3-4H2,1-2H3,(H,21,24)(H,22,25). The summed E-state index contributed by atoms with van der Waals surface area (Å²) in [5.74, 6) is -0.168. The fourth-order valence-electron chi connectivity index (χ4n) is 2.45. The molecule has 0 aliphatic heterocycles. The average molecular weight is 351 g/mol. The first-order chi connectivity index (χ1) is 12.4. The van der Waals surface area contributed by atoms with E-state index in [0.717, 1.165) is 12.8 Å². The van der Waals surface area contributed by atoms with E-state index in [1.165, 1.54) is 4.90 Å². The van der Waals surface area contributed by atoms with E-state index >= 15 is 0 Å². The number of rotatable bonds is 5. The Morgan fingerprint density at radius 2 is 1.31 bits per heavy atom. The van der Waals surface area contributed by atoms with Gasteiger partial charge in [-0.2, -0.15) is 0 Å². The van der Waals surface area contributed by atoms with Gasteiger partial charge in [0.15, 0.2) is 0 Å². The van der Waals surface area contributed by atoms with Crippen molar-refractivity contribution < 1.29 is 14.4 Å². The van der Waals surface area contributed by atoms with Gasteiger partial charge < -0.3 is 15.5 Å². The lowest BCUT2D eigenvalue weighted by atomic mass is 10.1. The van der Waals surface area contributed by atoms with Gasteiger partial charge in [0.25, 0.3) is 11.8 Å². The van der Waals surface area contributed by atoms with Crippen LogP contribution >= 0.6 is 0 Å². The van der Waals surface area contributed by atoms with Crippen LogP contribution in [0.15, 0.2) is 48.5 Å². The van der Waals surface area contributed by atoms with E-state index in [-0.39, 0.29) is 23.6 Å². The summed E-state index contributed by atoms with van der Waals surface area (Å²) in [6, 6.07) is 13.5. The van der Waals surface area contributed by atoms with Crippen molar-refractivity contribution in [2.75, 3.05) is 24.7 Å². The van der Waals surface area contributed by atoms with Crippen LogP contribution in [0.3, 0.4) is 0 Å². The van der Waals surface area contributed by atoms with Crippen molar-refractivity contribution in [3.63, 3.8) is 0 Å². The lowest BCUT2D eigenvalue weighted by Gasteiger charge is -2.11. The second-order valence-corrected chi connectivity index (χ2v) is 6.57. The van der Waals surface area contributed by atoms with Crippen molar-refractivity contribution in [1.82, 2.24) is 4.90 Å². The maximum atomic E-state index is 12.3. The van der Waals surface area contributed by atoms with Gasteiger partial charge in [0.05, 0.1) is 0 Å². The second-order valence-electron chi connectivity index (χ2n) is 6.57. The molecule has 0 spiro atoms. The van der Waals surface area contributed by atoms with Crippen LogP contribution in [0.2, 0.25) is 0 Å². The van der Waals surface area contributed by atoms with Gasteiger partial charge in [0.2, 0.25) is 5.91 Å². The molecule has 0 aromatic heterocycles. The van der Waals surface area contributed by atoms with E-state index in [0.29, 0.717) is 22.5 Å². The first-order valence-corrected chi connectivity index (χ1v) is 8.48. The molecule has 134 valence electrons. The maximum absolute atomic E-state index is 12.3. The van der Waals surface area contributed by atoms with Crippen molar-refractivity contribution in [3.8, 4) is 0 Å². The number of hydrogen-bond donors (Lipinski definition) is 2. The smallest absolute Gasteiger partial charge is 0.255 e. The Bertz CT molecular complexity index is 822. The summed E-state index contributed by atoms with van der Waals surface area (Å²) in [5, 5.41) is 5.63. The Morgan fingerprint density at radius 1 is 0.808 bits per heavy atom. The van der Waals surface area contributed by atoms with E-state index in [9.17, 15) is 14.4 Å². The Labute approximate surface area is 152 Å². The van der Waals surface area contributed by atoms with Crippen LogP contribution in [0.4, 0.5) is 11.4 Å². The number of carbonyl (C=O) groups is 3. The fraction of sp³-hybridized carbons (Fsp3) is 0.250. The zero-order chi connectivity index (χ0) is 18.7. The quantitative estimate of drug-likeness (QED) is 0.869. The van der Waals surface area contributed by atoms with Crippen LogP contribution in [0.1, 0.15) is 33.6 Å². The molecule has 2 aromatic carbocycles. The lowest BCUT2D eigenvalue weighted by Crippen LogP contribution is -2.21. The highest BCUT2D eigenvalue weighted by molar-refractivity contribution is 6.05. The zero-order valence-electron chi connectivity index (χ0n) is 14.8. The summed E-state index contributed by atoms with van der Waals surface area (Å²) < 4.78 is 0. The predicted molar refractivity (Wildman–Crippen MR) is 100 cm³/mol. The Morgan fingerprint density at radius 3 is 1.81 bits per heavy atom. The Balaban J connectivity index is 1.60. The van der Waals surface area contributed by atoms with E-state index in [1.54, 1.807) is 62.6 Å². The second kappa shape index (κ2) is 7.39. The van der Waals surface area contributed by atoms with Crippen molar-refractivity contribution in [2.24, 2.45) is 5.92 Å². The summed E-state index contributed by atoms with van der Waals surface area (Å²) in [5.41, 5.74) is 2.34. The minimum atomic E-state index is -0.253. The SMILES string of the molecule is CN(C)C(=O)c1ccc(NC(=O)c2ccc(NC(=O)C3CC3)cc2)cc1. The minimum Gasteiger partial charge on any atom is -0.345 e. The first kappa shape index (κ1) is 17.7. The molecule has 6 heteroatoms. The zero-order valence-corrected chi connectivity index (χ0v) is 14.8. The molecule has 0 unspecified atom stereocenters. The summed E-state index contributed by atoms with van der Waals surface area (Å²) in [7, 11) is 3.38. The highest BCUT2D eigenvalue weighted by Crippen LogP contribution is 2.30. The number of hydrogen-bond acceptors (Lipinski definition) is 3. The van der Waals surface area contributed by atoms with Gasteiger partial charge in [-0.1, -0.05) is 0 Å². The third kappa shape index (κ3) is 4.27. The summed E-state index contributed by atoms with van der Waals surface area (Å²) >= 11 is 0. The van der Waals surface area contributed by atoms with Gasteiger partial charge in [0.1, 0.15) is 0 Å². The van der Waals surface area contributed by atoms with Gasteiger partial charge in [-0.25, -0.2) is 0 Å². The average Bonchev–Trinajstić information content (AvgIpc) is 3.47. The lowest BCUT2D eigenvalue weighted by molar-refractivity contribution is -0.117. The normalized spacial score (nSPS) is 13.0. The van der Waals surface area contributed by atoms with Gasteiger partial charge in [-0.3, -0.25) is 14.4 Å². The Hall–Kier alpha value is -3.15. The highest BCUT2D eigenvalue weighted by Gasteiger charge is 2.29. The summed E-state index contributed by atoms with van der Waals surface area (Å²) in [6.07, 6.45) is 1.90. The van der Waals surface area contributed by atoms with Gasteiger partial charge in [-0.15, -0.1) is 0 Å². The van der Waals surface area contributed by atoms with Crippen molar-refractivity contribution in [1.29, 1.82) is 0 Å². The van der Waals surface area contributed by atoms with Crippen LogP contribution in [-0.4, -0.2) is 36.7 Å². The molecule has 0 radical (unpaired) electrons. The highest BCUT2D eigenvalue weighted by atomic mass is 16.2. The number of nitrogens with one attached hydrogen (secondary N) is 2. The summed E-state index contributed by atoms with van der Waals surface area (Å²) in [6.45, 7) is 0. The molecule has 1 saturated carbocycles. The van der Waals surface area contributed by atoms with Crippen LogP contribution in [0, 0.1) is 5.92 Å². The molecule has 0 heterocycles. The summed E-state index contributed by atoms with van der Waals surface area (Å²) in [4.78, 5) is 37.4. The van der Waals surface area contributed by atoms with E-state index in [2.05, 4.69) is 10.6 Å². The first-order valence-electron chi connectivity index (χ1n) is 8.48. The van der Waals surface area contributed by atoms with E-state index < -0.39 is 0 Å². The van der Waals surface area contributed by atoms with Crippen LogP contribution in [0.5, 0.6) is 0 Å². The number of benzene rings is 2. The molecule has 1 fully saturated rings. The largest absolute Gasteiger partial charge is 0.345 e. The molecular formula is C20H21N3O3. The topological polar surface area (TPSA) is 78.5 Å². The van der Waals surface area contributed by atoms with Crippen LogP contribution in [-0.2, 0) is 4.79 Å². The Kier molecular flexibility index (Phi) is 5.02. The van der Waals surface area contributed by atoms with Gasteiger partial charge in [0, 0.05) is 42.5 Å². The molecule has 0 saturated heterocycles. The third-order valence-corrected chi connectivity index (χ3v) is 4.16. The molecule has 2 N–H and O–H groups in total. The van der Waals surface area contributed by atoms with Crippen LogP contribution < -0.4 is 10.6 Å².